The number of nitrogens with one attached hydrogen (secondary N) is 4. The second-order valence-electron chi connectivity index (χ2n) is 24.3. The van der Waals surface area contributed by atoms with E-state index in [0.29, 0.717) is 55.3 Å². The Balaban J connectivity index is 1.07. The largest absolute Gasteiger partial charge is 0.756 e. The minimum atomic E-state index is -4.99. The molecule has 0 spiro atoms. The van der Waals surface area contributed by atoms with Crippen molar-refractivity contribution in [3.05, 3.63) is 94.7 Å². The lowest BCUT2D eigenvalue weighted by atomic mass is 9.91. The van der Waals surface area contributed by atoms with Crippen molar-refractivity contribution in [1.29, 1.82) is 0 Å². The van der Waals surface area contributed by atoms with Crippen LogP contribution in [0.1, 0.15) is 244 Å². The van der Waals surface area contributed by atoms with Gasteiger partial charge in [-0.1, -0.05) is 154 Å². The van der Waals surface area contributed by atoms with Crippen molar-refractivity contribution in [2.45, 2.75) is 252 Å². The Morgan fingerprint density at radius 2 is 1.11 bits per heavy atom. The summed E-state index contributed by atoms with van der Waals surface area (Å²) < 4.78 is 40.1. The minimum Gasteiger partial charge on any atom is -0.756 e. The SMILES string of the molecule is CCCCCCCC/C=C\CCCCCCCC(=O)OCC(COC(=O)CCCCCCC/C=C\CCCCCCCC)OP(=O)([O-])OCCNC(=O)CCCCC(=O)NCCCCC[NH+]=C(S)Nc1ccc(-c2c3ccc(=O)cc-3oc3cc(O)ccc23)c(C)c1. The number of rotatable bonds is 53. The normalized spacial score (nSPS) is 12.6. The molecule has 1 heterocycles. The van der Waals surface area contributed by atoms with Crippen LogP contribution in [0.25, 0.3) is 33.4 Å². The molecule has 1 aliphatic heterocycles. The van der Waals surface area contributed by atoms with E-state index in [1.54, 1.807) is 18.2 Å². The van der Waals surface area contributed by atoms with E-state index in [-0.39, 0.29) is 55.2 Å². The zero-order valence-corrected chi connectivity index (χ0v) is 57.6. The molecule has 1 unspecified atom stereocenters. The lowest BCUT2D eigenvalue weighted by Gasteiger charge is -2.27. The summed E-state index contributed by atoms with van der Waals surface area (Å²) in [5.74, 6) is -0.907. The number of aromatic hydroxyl groups is 1. The molecule has 1 atom stereocenters. The minimum absolute atomic E-state index is 0.0681. The third-order valence-electron chi connectivity index (χ3n) is 16.1. The molecule has 0 aromatic heterocycles. The van der Waals surface area contributed by atoms with E-state index in [1.165, 1.54) is 89.2 Å². The van der Waals surface area contributed by atoms with Gasteiger partial charge < -0.3 is 43.6 Å². The van der Waals surface area contributed by atoms with E-state index >= 15 is 0 Å². The molecule has 2 aromatic carbocycles. The summed E-state index contributed by atoms with van der Waals surface area (Å²) in [5.41, 5.74) is 4.78. The first kappa shape index (κ1) is 78.7. The monoisotopic (exact) mass is 1310 g/mol. The lowest BCUT2D eigenvalue weighted by molar-refractivity contribution is -0.454. The van der Waals surface area contributed by atoms with E-state index < -0.39 is 45.7 Å². The standard InChI is InChI=1S/C73H111N4O13PS/c1-4-6-8-10-12-14-16-18-20-22-24-26-28-30-33-41-70(82)86-56-62(57-87-71(83)42-34-31-29-27-25-23-21-19-17-15-13-11-9-7-5-2)90-91(84,85)88-52-51-75-69(81)40-36-35-39-68(80)74-49-37-32-38-50-76-73(92)77-59-43-46-63(58(3)53-59)72-64-47-44-60(78)54-66(64)89-67-55-61(79)45-48-65(67)72/h18-21,43-48,53-55,62,78H,4-17,22-42,49-52,56-57H2,1-3H3,(H,74,80)(H,75,81)(H,84,85)(H2,76,77,92)/b20-18-,21-19-. The van der Waals surface area contributed by atoms with Gasteiger partial charge in [0.2, 0.25) is 11.8 Å². The molecule has 92 heavy (non-hydrogen) atoms. The van der Waals surface area contributed by atoms with Gasteiger partial charge in [0.15, 0.2) is 5.43 Å². The Labute approximate surface area is 554 Å². The molecular formula is C73H111N4O13PS. The maximum Gasteiger partial charge on any atom is 0.306 e. The number of phosphoric ester groups is 1. The molecule has 2 aliphatic rings. The van der Waals surface area contributed by atoms with Gasteiger partial charge >= 0.3 is 17.1 Å². The first-order chi connectivity index (χ1) is 44.7. The first-order valence-electron chi connectivity index (χ1n) is 34.8. The topological polar surface area (TPSA) is 246 Å². The van der Waals surface area contributed by atoms with Gasteiger partial charge in [0, 0.05) is 67.4 Å². The predicted molar refractivity (Wildman–Crippen MR) is 372 cm³/mol. The Kier molecular flexibility index (Phi) is 41.8. The fourth-order valence-electron chi connectivity index (χ4n) is 10.8. The second kappa shape index (κ2) is 48.9. The number of amidine groups is 1. The zero-order valence-electron chi connectivity index (χ0n) is 55.8. The van der Waals surface area contributed by atoms with Gasteiger partial charge in [0.25, 0.3) is 7.82 Å². The number of phenols is 1. The molecule has 2 aromatic rings. The number of anilines is 1. The number of hydrogen-bond donors (Lipinski definition) is 6. The van der Waals surface area contributed by atoms with Gasteiger partial charge in [-0.25, -0.2) is 5.32 Å². The Bertz CT molecular complexity index is 2850. The molecule has 0 bridgehead atoms. The molecule has 17 nitrogen and oxygen atoms in total. The molecule has 512 valence electrons. The smallest absolute Gasteiger partial charge is 0.306 e. The summed E-state index contributed by atoms with van der Waals surface area (Å²) in [4.78, 5) is 78.9. The molecule has 0 fully saturated rings. The van der Waals surface area contributed by atoms with Crippen LogP contribution in [0.15, 0.2) is 88.1 Å². The molecule has 0 saturated heterocycles. The zero-order chi connectivity index (χ0) is 66.3. The van der Waals surface area contributed by atoms with Crippen LogP contribution in [-0.2, 0) is 42.3 Å². The number of amides is 2. The van der Waals surface area contributed by atoms with E-state index in [1.807, 2.05) is 31.2 Å². The van der Waals surface area contributed by atoms with Gasteiger partial charge in [-0.2, -0.15) is 0 Å². The fraction of sp³-hybridized carbons (Fsp3) is 0.616. The number of carbonyl (C=O) groups is 4. The average molecular weight is 1320 g/mol. The van der Waals surface area contributed by atoms with Crippen LogP contribution < -0.4 is 31.3 Å². The summed E-state index contributed by atoms with van der Waals surface area (Å²) in [7, 11) is -4.99. The van der Waals surface area contributed by atoms with Crippen LogP contribution in [-0.4, -0.2) is 79.6 Å². The van der Waals surface area contributed by atoms with Crippen LogP contribution in [0.5, 0.6) is 5.75 Å². The summed E-state index contributed by atoms with van der Waals surface area (Å²) in [6.45, 7) is 6.26. The van der Waals surface area contributed by atoms with E-state index in [9.17, 15) is 38.5 Å². The fourth-order valence-corrected chi connectivity index (χ4v) is 11.9. The molecule has 4 rings (SSSR count). The van der Waals surface area contributed by atoms with Gasteiger partial charge in [0.1, 0.15) is 42.1 Å². The third-order valence-corrected chi connectivity index (χ3v) is 17.4. The van der Waals surface area contributed by atoms with Crippen molar-refractivity contribution < 1.29 is 61.7 Å². The molecule has 0 saturated carbocycles. The number of phenolic OH excluding ortho intramolecular Hbond substituents is 1. The van der Waals surface area contributed by atoms with Crippen LogP contribution >= 0.6 is 20.5 Å². The maximum atomic E-state index is 13.0. The molecular weight excluding hydrogens is 1200 g/mol. The number of esters is 2. The van der Waals surface area contributed by atoms with Crippen LogP contribution in [0.3, 0.4) is 0 Å². The van der Waals surface area contributed by atoms with Crippen LogP contribution in [0.4, 0.5) is 5.69 Å². The molecule has 2 amide bonds. The van der Waals surface area contributed by atoms with E-state index in [0.717, 1.165) is 130 Å². The lowest BCUT2D eigenvalue weighted by Crippen LogP contribution is -2.73. The number of thiol groups is 1. The second-order valence-corrected chi connectivity index (χ2v) is 26.1. The van der Waals surface area contributed by atoms with Gasteiger partial charge in [-0.3, -0.25) is 33.5 Å². The van der Waals surface area contributed by atoms with Gasteiger partial charge in [0.05, 0.1) is 13.2 Å². The Morgan fingerprint density at radius 3 is 1.66 bits per heavy atom. The number of allylic oxidation sites excluding steroid dienone is 4. The van der Waals surface area contributed by atoms with Crippen molar-refractivity contribution >= 4 is 66.0 Å². The number of benzene rings is 3. The van der Waals surface area contributed by atoms with Crippen molar-refractivity contribution in [3.8, 4) is 28.2 Å². The third kappa shape index (κ3) is 36.0. The summed E-state index contributed by atoms with van der Waals surface area (Å²) in [6.07, 6.45) is 41.5. The average Bonchev–Trinajstić information content (AvgIpc) is 0.772. The van der Waals surface area contributed by atoms with Crippen molar-refractivity contribution in [2.24, 2.45) is 0 Å². The number of unbranched alkanes of at least 4 members (excludes halogenated alkanes) is 25. The number of aryl methyl sites for hydroxylation is 1. The molecule has 19 heteroatoms. The quantitative estimate of drug-likeness (QED) is 0.00352. The summed E-state index contributed by atoms with van der Waals surface area (Å²) in [5, 5.41) is 20.4. The molecule has 0 radical (unpaired) electrons. The number of hydrogen-bond acceptors (Lipinski definition) is 13. The van der Waals surface area contributed by atoms with Gasteiger partial charge in [-0.15, -0.1) is 0 Å². The van der Waals surface area contributed by atoms with E-state index in [4.69, 9.17) is 22.9 Å². The maximum absolute atomic E-state index is 13.0. The molecule has 5 N–H and O–H groups in total. The Morgan fingerprint density at radius 1 is 0.609 bits per heavy atom. The van der Waals surface area contributed by atoms with Crippen molar-refractivity contribution in [2.75, 3.05) is 44.8 Å². The van der Waals surface area contributed by atoms with Gasteiger partial charge in [-0.05, 0) is 157 Å². The summed E-state index contributed by atoms with van der Waals surface area (Å²) >= 11 is 4.61. The summed E-state index contributed by atoms with van der Waals surface area (Å²) in [6, 6.07) is 15.7. The molecule has 1 aliphatic carbocycles. The first-order valence-corrected chi connectivity index (χ1v) is 36.7. The highest BCUT2D eigenvalue weighted by Crippen LogP contribution is 2.43. The number of ether oxygens (including phenoxy) is 2. The van der Waals surface area contributed by atoms with Crippen molar-refractivity contribution in [3.63, 3.8) is 0 Å². The highest BCUT2D eigenvalue weighted by molar-refractivity contribution is 7.96. The number of phosphoric acid groups is 1. The highest BCUT2D eigenvalue weighted by Gasteiger charge is 2.24. The highest BCUT2D eigenvalue weighted by atomic mass is 32.1. The van der Waals surface area contributed by atoms with Crippen molar-refractivity contribution in [1.82, 2.24) is 10.6 Å². The van der Waals surface area contributed by atoms with Crippen LogP contribution in [0.2, 0.25) is 0 Å². The number of carbonyl (C=O) groups excluding carboxylic acids is 4. The van der Waals surface area contributed by atoms with Crippen LogP contribution in [0, 0.1) is 6.92 Å². The van der Waals surface area contributed by atoms with E-state index in [2.05, 4.69) is 71.7 Å². The number of fused-ring (bicyclic) bond motifs is 2. The predicted octanol–water partition coefficient (Wildman–Crippen LogP) is 15.4. The Hall–Kier alpha value is -5.78.